The zero-order chi connectivity index (χ0) is 10.7. The minimum absolute atomic E-state index is 0.0789. The number of hydrogen-bond acceptors (Lipinski definition) is 4. The van der Waals surface area contributed by atoms with Crippen molar-refractivity contribution in [1.29, 1.82) is 5.26 Å². The van der Waals surface area contributed by atoms with Crippen LogP contribution < -0.4 is 5.32 Å². The Morgan fingerprint density at radius 3 is 2.80 bits per heavy atom. The molecule has 78 valence electrons. The van der Waals surface area contributed by atoms with E-state index in [1.807, 2.05) is 6.07 Å². The third kappa shape index (κ3) is 2.25. The number of anilines is 1. The molecule has 0 aromatic carbocycles. The molecule has 0 radical (unpaired) electrons. The first-order chi connectivity index (χ1) is 7.28. The summed E-state index contributed by atoms with van der Waals surface area (Å²) in [5.74, 6) is 0.758. The second-order valence-electron chi connectivity index (χ2n) is 4.06. The standard InChI is InChI=1S/C11H13N3O/c12-5-9-1-2-10(13-6-9)14-7-11(8-15)3-4-11/h1-2,6,15H,3-4,7-8H2,(H,13,14). The Hall–Kier alpha value is -1.60. The molecule has 0 atom stereocenters. The van der Waals surface area contributed by atoms with Gasteiger partial charge in [0.05, 0.1) is 12.2 Å². The lowest BCUT2D eigenvalue weighted by atomic mass is 10.1. The van der Waals surface area contributed by atoms with Crippen molar-refractivity contribution in [3.8, 4) is 6.07 Å². The summed E-state index contributed by atoms with van der Waals surface area (Å²) in [4.78, 5) is 4.10. The molecule has 1 heterocycles. The van der Waals surface area contributed by atoms with E-state index in [-0.39, 0.29) is 12.0 Å². The number of hydrogen-bond donors (Lipinski definition) is 2. The van der Waals surface area contributed by atoms with E-state index in [2.05, 4.69) is 10.3 Å². The predicted octanol–water partition coefficient (Wildman–Crippen LogP) is 1.14. The van der Waals surface area contributed by atoms with Crippen LogP contribution in [0.4, 0.5) is 5.82 Å². The Balaban J connectivity index is 1.91. The van der Waals surface area contributed by atoms with Crippen LogP contribution in [0.5, 0.6) is 0 Å². The lowest BCUT2D eigenvalue weighted by Crippen LogP contribution is -2.19. The van der Waals surface area contributed by atoms with E-state index in [9.17, 15) is 0 Å². The van der Waals surface area contributed by atoms with Gasteiger partial charge < -0.3 is 10.4 Å². The average Bonchev–Trinajstić information content (AvgIpc) is 3.08. The third-order valence-corrected chi connectivity index (χ3v) is 2.83. The fraction of sp³-hybridized carbons (Fsp3) is 0.455. The SMILES string of the molecule is N#Cc1ccc(NCC2(CO)CC2)nc1. The lowest BCUT2D eigenvalue weighted by molar-refractivity contribution is 0.219. The van der Waals surface area contributed by atoms with Gasteiger partial charge in [-0.3, -0.25) is 0 Å². The first-order valence-electron chi connectivity index (χ1n) is 4.99. The summed E-state index contributed by atoms with van der Waals surface area (Å²) in [6.45, 7) is 0.985. The monoisotopic (exact) mass is 203 g/mol. The van der Waals surface area contributed by atoms with Crippen molar-refractivity contribution in [2.75, 3.05) is 18.5 Å². The topological polar surface area (TPSA) is 68.9 Å². The molecule has 1 aromatic heterocycles. The predicted molar refractivity (Wildman–Crippen MR) is 56.2 cm³/mol. The van der Waals surface area contributed by atoms with Gasteiger partial charge in [0, 0.05) is 18.2 Å². The van der Waals surface area contributed by atoms with E-state index in [0.717, 1.165) is 25.2 Å². The second-order valence-corrected chi connectivity index (χ2v) is 4.06. The van der Waals surface area contributed by atoms with Crippen LogP contribution in [0.25, 0.3) is 0 Å². The van der Waals surface area contributed by atoms with Gasteiger partial charge >= 0.3 is 0 Å². The van der Waals surface area contributed by atoms with E-state index in [1.54, 1.807) is 18.3 Å². The number of aliphatic hydroxyl groups is 1. The molecule has 1 saturated carbocycles. The third-order valence-electron chi connectivity index (χ3n) is 2.83. The zero-order valence-electron chi connectivity index (χ0n) is 8.40. The maximum atomic E-state index is 9.11. The summed E-state index contributed by atoms with van der Waals surface area (Å²) in [6, 6.07) is 5.53. The molecule has 0 saturated heterocycles. The van der Waals surface area contributed by atoms with E-state index in [0.29, 0.717) is 5.56 Å². The van der Waals surface area contributed by atoms with Crippen LogP contribution in [0.2, 0.25) is 0 Å². The molecule has 4 nitrogen and oxygen atoms in total. The average molecular weight is 203 g/mol. The number of pyridine rings is 1. The number of aliphatic hydroxyl groups excluding tert-OH is 1. The van der Waals surface area contributed by atoms with E-state index < -0.39 is 0 Å². The van der Waals surface area contributed by atoms with Crippen molar-refractivity contribution in [1.82, 2.24) is 4.98 Å². The van der Waals surface area contributed by atoms with Crippen LogP contribution in [-0.2, 0) is 0 Å². The number of aromatic nitrogens is 1. The molecule has 0 spiro atoms. The Kier molecular flexibility index (Phi) is 2.57. The minimum atomic E-state index is 0.0789. The molecule has 0 amide bonds. The van der Waals surface area contributed by atoms with Gasteiger partial charge in [0.2, 0.25) is 0 Å². The number of rotatable bonds is 4. The molecule has 0 unspecified atom stereocenters. The van der Waals surface area contributed by atoms with Crippen LogP contribution in [0.1, 0.15) is 18.4 Å². The normalized spacial score (nSPS) is 16.8. The Labute approximate surface area is 88.6 Å². The highest BCUT2D eigenvalue weighted by Gasteiger charge is 2.41. The highest BCUT2D eigenvalue weighted by atomic mass is 16.3. The minimum Gasteiger partial charge on any atom is -0.396 e. The van der Waals surface area contributed by atoms with Crippen LogP contribution in [0.3, 0.4) is 0 Å². The van der Waals surface area contributed by atoms with Gasteiger partial charge in [-0.1, -0.05) is 0 Å². The summed E-state index contributed by atoms with van der Waals surface area (Å²) in [7, 11) is 0. The van der Waals surface area contributed by atoms with Gasteiger partial charge in [0.25, 0.3) is 0 Å². The molecule has 2 N–H and O–H groups in total. The van der Waals surface area contributed by atoms with Crippen LogP contribution in [0.15, 0.2) is 18.3 Å². The highest BCUT2D eigenvalue weighted by molar-refractivity contribution is 5.39. The summed E-state index contributed by atoms with van der Waals surface area (Å²) in [5, 5.41) is 20.9. The molecule has 4 heteroatoms. The van der Waals surface area contributed by atoms with Gasteiger partial charge in [-0.25, -0.2) is 4.98 Å². The largest absolute Gasteiger partial charge is 0.396 e. The van der Waals surface area contributed by atoms with Crippen LogP contribution in [-0.4, -0.2) is 23.2 Å². The number of nitrogens with one attached hydrogen (secondary N) is 1. The fourth-order valence-corrected chi connectivity index (χ4v) is 1.41. The van der Waals surface area contributed by atoms with Crippen molar-refractivity contribution in [2.24, 2.45) is 5.41 Å². The van der Waals surface area contributed by atoms with Crippen molar-refractivity contribution < 1.29 is 5.11 Å². The van der Waals surface area contributed by atoms with Gasteiger partial charge in [-0.2, -0.15) is 5.26 Å². The van der Waals surface area contributed by atoms with Crippen molar-refractivity contribution in [3.05, 3.63) is 23.9 Å². The van der Waals surface area contributed by atoms with Gasteiger partial charge in [-0.15, -0.1) is 0 Å². The molecule has 1 aromatic rings. The first-order valence-corrected chi connectivity index (χ1v) is 4.99. The van der Waals surface area contributed by atoms with Gasteiger partial charge in [0.15, 0.2) is 0 Å². The Morgan fingerprint density at radius 2 is 2.33 bits per heavy atom. The molecule has 1 fully saturated rings. The van der Waals surface area contributed by atoms with Crippen molar-refractivity contribution in [3.63, 3.8) is 0 Å². The zero-order valence-corrected chi connectivity index (χ0v) is 8.40. The van der Waals surface area contributed by atoms with Gasteiger partial charge in [0.1, 0.15) is 11.9 Å². The molecule has 1 aliphatic rings. The second kappa shape index (κ2) is 3.87. The van der Waals surface area contributed by atoms with Crippen molar-refractivity contribution in [2.45, 2.75) is 12.8 Å². The highest BCUT2D eigenvalue weighted by Crippen LogP contribution is 2.44. The van der Waals surface area contributed by atoms with Crippen LogP contribution >= 0.6 is 0 Å². The summed E-state index contributed by atoms with van der Waals surface area (Å²) < 4.78 is 0. The Bertz CT molecular complexity index is 376. The summed E-state index contributed by atoms with van der Waals surface area (Å²) >= 11 is 0. The maximum Gasteiger partial charge on any atom is 0.125 e. The lowest BCUT2D eigenvalue weighted by Gasteiger charge is -2.12. The molecule has 0 aliphatic heterocycles. The van der Waals surface area contributed by atoms with Crippen molar-refractivity contribution >= 4 is 5.82 Å². The van der Waals surface area contributed by atoms with E-state index >= 15 is 0 Å². The maximum absolute atomic E-state index is 9.11. The smallest absolute Gasteiger partial charge is 0.125 e. The molecule has 2 rings (SSSR count). The quantitative estimate of drug-likeness (QED) is 0.769. The molecular weight excluding hydrogens is 190 g/mol. The fourth-order valence-electron chi connectivity index (χ4n) is 1.41. The molecule has 15 heavy (non-hydrogen) atoms. The molecule has 0 bridgehead atoms. The van der Waals surface area contributed by atoms with Crippen LogP contribution in [0, 0.1) is 16.7 Å². The number of nitriles is 1. The van der Waals surface area contributed by atoms with E-state index in [1.165, 1.54) is 0 Å². The Morgan fingerprint density at radius 1 is 1.53 bits per heavy atom. The number of nitrogens with zero attached hydrogens (tertiary/aromatic N) is 2. The molecular formula is C11H13N3O. The molecule has 1 aliphatic carbocycles. The summed E-state index contributed by atoms with van der Waals surface area (Å²) in [6.07, 6.45) is 3.69. The summed E-state index contributed by atoms with van der Waals surface area (Å²) in [5.41, 5.74) is 0.638. The van der Waals surface area contributed by atoms with E-state index in [4.69, 9.17) is 10.4 Å². The first kappa shape index (κ1) is 9.94. The van der Waals surface area contributed by atoms with Gasteiger partial charge in [-0.05, 0) is 25.0 Å².